The maximum absolute atomic E-state index is 13.5. The molecule has 2 aromatic heterocycles. The van der Waals surface area contributed by atoms with Crippen LogP contribution in [0.15, 0.2) is 77.9 Å². The lowest BCUT2D eigenvalue weighted by Crippen LogP contribution is -2.17. The third kappa shape index (κ3) is 4.01. The summed E-state index contributed by atoms with van der Waals surface area (Å²) in [6, 6.07) is 11.3. The summed E-state index contributed by atoms with van der Waals surface area (Å²) in [6.07, 6.45) is -6.89. The molecule has 0 amide bonds. The number of alkyl halides is 6. The molecular formula is C21H12F6N4O. The monoisotopic (exact) mass is 450 g/mol. The van der Waals surface area contributed by atoms with Crippen LogP contribution in [0.2, 0.25) is 0 Å². The Morgan fingerprint density at radius 2 is 1.56 bits per heavy atom. The zero-order valence-corrected chi connectivity index (χ0v) is 15.9. The van der Waals surface area contributed by atoms with Gasteiger partial charge in [0.2, 0.25) is 5.43 Å². The molecule has 4 rings (SSSR count). The predicted molar refractivity (Wildman–Crippen MR) is 102 cm³/mol. The summed E-state index contributed by atoms with van der Waals surface area (Å²) in [4.78, 5) is 12.5. The average Bonchev–Trinajstić information content (AvgIpc) is 3.22. The summed E-state index contributed by atoms with van der Waals surface area (Å²) in [5.74, 6) is 0. The fourth-order valence-electron chi connectivity index (χ4n) is 3.13. The molecular weight excluding hydrogens is 438 g/mol. The lowest BCUT2D eigenvalue weighted by Gasteiger charge is -2.15. The molecule has 0 aliphatic heterocycles. The lowest BCUT2D eigenvalue weighted by atomic mass is 10.1. The Labute approximate surface area is 176 Å². The summed E-state index contributed by atoms with van der Waals surface area (Å²) < 4.78 is 81.5. The van der Waals surface area contributed by atoms with Crippen molar-refractivity contribution in [2.75, 3.05) is 0 Å². The quantitative estimate of drug-likeness (QED) is 0.407. The molecule has 0 radical (unpaired) electrons. The predicted octanol–water partition coefficient (Wildman–Crippen LogP) is 5.12. The van der Waals surface area contributed by atoms with Crippen LogP contribution in [0.3, 0.4) is 0 Å². The minimum Gasteiger partial charge on any atom is -0.287 e. The Morgan fingerprint density at radius 1 is 0.812 bits per heavy atom. The zero-order valence-electron chi connectivity index (χ0n) is 15.9. The highest BCUT2D eigenvalue weighted by Crippen LogP contribution is 2.35. The van der Waals surface area contributed by atoms with Gasteiger partial charge in [-0.25, -0.2) is 9.36 Å². The smallest absolute Gasteiger partial charge is 0.287 e. The lowest BCUT2D eigenvalue weighted by molar-refractivity contribution is -0.138. The van der Waals surface area contributed by atoms with Crippen LogP contribution >= 0.6 is 0 Å². The SMILES string of the molecule is O=c1ccn(-c2cccc(C(F)(F)F)c2)nc1-c1ccnn1-c1ccccc1C(F)(F)F. The molecule has 0 saturated heterocycles. The van der Waals surface area contributed by atoms with Crippen molar-refractivity contribution < 1.29 is 26.3 Å². The fraction of sp³-hybridized carbons (Fsp3) is 0.0952. The summed E-state index contributed by atoms with van der Waals surface area (Å²) in [7, 11) is 0. The van der Waals surface area contributed by atoms with Gasteiger partial charge in [-0.05, 0) is 36.4 Å². The van der Waals surface area contributed by atoms with Crippen LogP contribution in [0.25, 0.3) is 22.8 Å². The topological polar surface area (TPSA) is 52.7 Å². The van der Waals surface area contributed by atoms with Gasteiger partial charge in [-0.1, -0.05) is 18.2 Å². The Morgan fingerprint density at radius 3 is 2.28 bits per heavy atom. The van der Waals surface area contributed by atoms with E-state index in [-0.39, 0.29) is 22.8 Å². The van der Waals surface area contributed by atoms with Crippen LogP contribution in [0.4, 0.5) is 26.3 Å². The number of para-hydroxylation sites is 1. The molecule has 2 aromatic carbocycles. The summed E-state index contributed by atoms with van der Waals surface area (Å²) in [6.45, 7) is 0. The highest BCUT2D eigenvalue weighted by molar-refractivity contribution is 5.59. The van der Waals surface area contributed by atoms with Crippen molar-refractivity contribution in [2.24, 2.45) is 0 Å². The molecule has 11 heteroatoms. The van der Waals surface area contributed by atoms with Crippen molar-refractivity contribution in [2.45, 2.75) is 12.4 Å². The van der Waals surface area contributed by atoms with Gasteiger partial charge >= 0.3 is 12.4 Å². The normalized spacial score (nSPS) is 12.2. The number of nitrogens with zero attached hydrogens (tertiary/aromatic N) is 4. The molecule has 0 spiro atoms. The van der Waals surface area contributed by atoms with Crippen LogP contribution in [0.5, 0.6) is 0 Å². The highest BCUT2D eigenvalue weighted by atomic mass is 19.4. The Kier molecular flexibility index (Phi) is 5.11. The van der Waals surface area contributed by atoms with Crippen molar-refractivity contribution in [1.29, 1.82) is 0 Å². The van der Waals surface area contributed by atoms with Crippen LogP contribution in [0.1, 0.15) is 11.1 Å². The van der Waals surface area contributed by atoms with Crippen LogP contribution < -0.4 is 5.43 Å². The van der Waals surface area contributed by atoms with Gasteiger partial charge in [-0.3, -0.25) is 4.79 Å². The second-order valence-corrected chi connectivity index (χ2v) is 6.66. The average molecular weight is 450 g/mol. The maximum Gasteiger partial charge on any atom is 0.418 e. The molecule has 4 aromatic rings. The summed E-state index contributed by atoms with van der Waals surface area (Å²) in [5, 5.41) is 7.99. The van der Waals surface area contributed by atoms with Crippen molar-refractivity contribution in [3.8, 4) is 22.8 Å². The van der Waals surface area contributed by atoms with Gasteiger partial charge in [0.1, 0.15) is 0 Å². The Balaban J connectivity index is 1.86. The van der Waals surface area contributed by atoms with Gasteiger partial charge in [0, 0.05) is 12.3 Å². The van der Waals surface area contributed by atoms with E-state index in [4.69, 9.17) is 0 Å². The number of rotatable bonds is 3. The van der Waals surface area contributed by atoms with Gasteiger partial charge in [0.25, 0.3) is 0 Å². The second kappa shape index (κ2) is 7.66. The molecule has 164 valence electrons. The Hall–Kier alpha value is -3.89. The third-order valence-electron chi connectivity index (χ3n) is 4.57. The minimum atomic E-state index is -4.68. The molecule has 0 unspecified atom stereocenters. The molecule has 0 atom stereocenters. The molecule has 0 bridgehead atoms. The van der Waals surface area contributed by atoms with Crippen molar-refractivity contribution in [3.63, 3.8) is 0 Å². The number of halogens is 6. The van der Waals surface area contributed by atoms with Gasteiger partial charge in [0.15, 0.2) is 5.69 Å². The van der Waals surface area contributed by atoms with Crippen molar-refractivity contribution in [3.05, 3.63) is 94.4 Å². The standard InChI is InChI=1S/C21H12F6N4O/c22-20(23,24)13-4-3-5-14(12-13)30-11-9-18(32)19(29-30)17-8-10-28-31(17)16-7-2-1-6-15(16)21(25,26)27/h1-12H. The van der Waals surface area contributed by atoms with E-state index in [2.05, 4.69) is 10.2 Å². The fourth-order valence-corrected chi connectivity index (χ4v) is 3.13. The summed E-state index contributed by atoms with van der Waals surface area (Å²) in [5.41, 5.74) is -3.16. The number of aromatic nitrogens is 4. The minimum absolute atomic E-state index is 0.0165. The van der Waals surface area contributed by atoms with Gasteiger partial charge in [-0.2, -0.15) is 36.5 Å². The molecule has 0 N–H and O–H groups in total. The van der Waals surface area contributed by atoms with Gasteiger partial charge in [-0.15, -0.1) is 0 Å². The van der Waals surface area contributed by atoms with Crippen LogP contribution in [0, 0.1) is 0 Å². The molecule has 0 fully saturated rings. The first kappa shape index (κ1) is 21.3. The zero-order chi connectivity index (χ0) is 23.1. The first-order valence-electron chi connectivity index (χ1n) is 9.04. The molecule has 0 aliphatic carbocycles. The molecule has 2 heterocycles. The van der Waals surface area contributed by atoms with Crippen LogP contribution in [-0.2, 0) is 12.4 Å². The Bertz CT molecular complexity index is 1340. The van der Waals surface area contributed by atoms with Gasteiger partial charge in [0.05, 0.1) is 34.4 Å². The third-order valence-corrected chi connectivity index (χ3v) is 4.57. The van der Waals surface area contributed by atoms with E-state index in [1.54, 1.807) is 0 Å². The van der Waals surface area contributed by atoms with E-state index in [9.17, 15) is 31.1 Å². The van der Waals surface area contributed by atoms with Crippen LogP contribution in [-0.4, -0.2) is 19.6 Å². The first-order chi connectivity index (χ1) is 15.1. The highest BCUT2D eigenvalue weighted by Gasteiger charge is 2.34. The van der Waals surface area contributed by atoms with E-state index in [1.807, 2.05) is 0 Å². The number of hydrogen-bond donors (Lipinski definition) is 0. The van der Waals surface area contributed by atoms with Crippen molar-refractivity contribution >= 4 is 0 Å². The molecule has 0 aliphatic rings. The van der Waals surface area contributed by atoms with Crippen molar-refractivity contribution in [1.82, 2.24) is 19.6 Å². The second-order valence-electron chi connectivity index (χ2n) is 6.66. The largest absolute Gasteiger partial charge is 0.418 e. The molecule has 0 saturated carbocycles. The summed E-state index contributed by atoms with van der Waals surface area (Å²) >= 11 is 0. The van der Waals surface area contributed by atoms with E-state index in [1.165, 1.54) is 48.8 Å². The number of benzene rings is 2. The van der Waals surface area contributed by atoms with E-state index >= 15 is 0 Å². The number of hydrogen-bond acceptors (Lipinski definition) is 3. The van der Waals surface area contributed by atoms with Gasteiger partial charge < -0.3 is 0 Å². The molecule has 5 nitrogen and oxygen atoms in total. The maximum atomic E-state index is 13.5. The first-order valence-corrected chi connectivity index (χ1v) is 9.04. The van der Waals surface area contributed by atoms with E-state index < -0.39 is 28.9 Å². The molecule has 32 heavy (non-hydrogen) atoms. The van der Waals surface area contributed by atoms with E-state index in [0.29, 0.717) is 0 Å². The van der Waals surface area contributed by atoms with E-state index in [0.717, 1.165) is 33.6 Å².